The molecule has 0 spiro atoms. The average molecular weight is 285 g/mol. The van der Waals surface area contributed by atoms with Crippen LogP contribution in [-0.4, -0.2) is 12.1 Å². The maximum Gasteiger partial charge on any atom is 0.145 e. The summed E-state index contributed by atoms with van der Waals surface area (Å²) in [5.41, 5.74) is 2.74. The molecule has 1 heterocycles. The lowest BCUT2D eigenvalue weighted by atomic mass is 10.1. The van der Waals surface area contributed by atoms with Gasteiger partial charge < -0.3 is 10.1 Å². The molecule has 0 amide bonds. The molecule has 0 saturated carbocycles. The Labute approximate surface area is 122 Å². The molecule has 0 aliphatic carbocycles. The van der Waals surface area contributed by atoms with Gasteiger partial charge in [0.25, 0.3) is 0 Å². The first kappa shape index (κ1) is 12.8. The van der Waals surface area contributed by atoms with Crippen LogP contribution < -0.4 is 10.1 Å². The number of para-hydroxylation sites is 1. The fraction of sp³-hybridized carbons (Fsp3) is 0.0625. The molecule has 0 bridgehead atoms. The molecule has 0 aliphatic heterocycles. The predicted molar refractivity (Wildman–Crippen MR) is 83.0 cm³/mol. The molecule has 3 nitrogen and oxygen atoms in total. The van der Waals surface area contributed by atoms with Gasteiger partial charge in [-0.15, -0.1) is 0 Å². The smallest absolute Gasteiger partial charge is 0.145 e. The zero-order chi connectivity index (χ0) is 13.9. The molecule has 1 N–H and O–H groups in total. The van der Waals surface area contributed by atoms with Crippen molar-refractivity contribution in [2.75, 3.05) is 12.4 Å². The van der Waals surface area contributed by atoms with Crippen molar-refractivity contribution in [2.24, 2.45) is 0 Å². The highest BCUT2D eigenvalue weighted by Gasteiger charge is 2.06. The number of ether oxygens (including phenoxy) is 1. The van der Waals surface area contributed by atoms with Crippen LogP contribution in [0.2, 0.25) is 5.02 Å². The van der Waals surface area contributed by atoms with Gasteiger partial charge in [-0.05, 0) is 30.3 Å². The summed E-state index contributed by atoms with van der Waals surface area (Å²) < 4.78 is 5.34. The van der Waals surface area contributed by atoms with E-state index >= 15 is 0 Å². The minimum atomic E-state index is 0.700. The molecule has 100 valence electrons. The molecule has 4 heteroatoms. The van der Waals surface area contributed by atoms with Gasteiger partial charge in [-0.3, -0.25) is 4.98 Å². The van der Waals surface area contributed by atoms with Gasteiger partial charge in [0.15, 0.2) is 0 Å². The van der Waals surface area contributed by atoms with E-state index in [1.165, 1.54) is 0 Å². The first-order valence-electron chi connectivity index (χ1n) is 6.22. The molecule has 0 unspecified atom stereocenters. The summed E-state index contributed by atoms with van der Waals surface area (Å²) in [7, 11) is 1.65. The lowest BCUT2D eigenvalue weighted by Gasteiger charge is -2.11. The van der Waals surface area contributed by atoms with Crippen molar-refractivity contribution in [1.82, 2.24) is 4.98 Å². The number of methoxy groups -OCH3 is 1. The lowest BCUT2D eigenvalue weighted by molar-refractivity contribution is 0.419. The molecular weight excluding hydrogens is 272 g/mol. The highest BCUT2D eigenvalue weighted by Crippen LogP contribution is 2.30. The Morgan fingerprint density at radius 2 is 1.95 bits per heavy atom. The summed E-state index contributed by atoms with van der Waals surface area (Å²) in [5.74, 6) is 0.761. The molecule has 0 atom stereocenters. The number of nitrogens with one attached hydrogen (secondary N) is 1. The third-order valence-electron chi connectivity index (χ3n) is 3.06. The van der Waals surface area contributed by atoms with Crippen molar-refractivity contribution in [3.05, 3.63) is 59.8 Å². The fourth-order valence-electron chi connectivity index (χ4n) is 2.14. The van der Waals surface area contributed by atoms with E-state index in [0.29, 0.717) is 5.02 Å². The zero-order valence-electron chi connectivity index (χ0n) is 10.9. The lowest BCUT2D eigenvalue weighted by Crippen LogP contribution is -1.94. The van der Waals surface area contributed by atoms with Gasteiger partial charge in [0.2, 0.25) is 0 Å². The number of fused-ring (bicyclic) bond motifs is 1. The maximum atomic E-state index is 6.00. The minimum absolute atomic E-state index is 0.700. The Hall–Kier alpha value is -2.26. The van der Waals surface area contributed by atoms with Gasteiger partial charge in [-0.2, -0.15) is 0 Å². The summed E-state index contributed by atoms with van der Waals surface area (Å²) in [6, 6.07) is 15.4. The van der Waals surface area contributed by atoms with Crippen LogP contribution in [0.15, 0.2) is 54.7 Å². The topological polar surface area (TPSA) is 34.1 Å². The molecular formula is C16H13ClN2O. The van der Waals surface area contributed by atoms with Crippen molar-refractivity contribution >= 4 is 33.9 Å². The quantitative estimate of drug-likeness (QED) is 0.761. The van der Waals surface area contributed by atoms with Crippen LogP contribution in [0, 0.1) is 0 Å². The molecule has 3 aromatic rings. The molecule has 20 heavy (non-hydrogen) atoms. The fourth-order valence-corrected chi connectivity index (χ4v) is 2.33. The Kier molecular flexibility index (Phi) is 3.44. The Balaban J connectivity index is 2.08. The zero-order valence-corrected chi connectivity index (χ0v) is 11.7. The van der Waals surface area contributed by atoms with E-state index in [9.17, 15) is 0 Å². The van der Waals surface area contributed by atoms with Crippen molar-refractivity contribution in [3.63, 3.8) is 0 Å². The van der Waals surface area contributed by atoms with E-state index in [0.717, 1.165) is 28.0 Å². The Morgan fingerprint density at radius 1 is 1.10 bits per heavy atom. The average Bonchev–Trinajstić information content (AvgIpc) is 2.47. The van der Waals surface area contributed by atoms with E-state index in [-0.39, 0.29) is 0 Å². The number of nitrogens with zero attached hydrogens (tertiary/aromatic N) is 1. The first-order valence-corrected chi connectivity index (χ1v) is 6.60. The second-order valence-corrected chi connectivity index (χ2v) is 4.79. The van der Waals surface area contributed by atoms with Crippen molar-refractivity contribution in [1.29, 1.82) is 0 Å². The highest BCUT2D eigenvalue weighted by atomic mass is 35.5. The van der Waals surface area contributed by atoms with E-state index in [1.807, 2.05) is 48.5 Å². The number of hydrogen-bond acceptors (Lipinski definition) is 3. The van der Waals surface area contributed by atoms with Crippen LogP contribution in [0.4, 0.5) is 11.4 Å². The number of halogens is 1. The van der Waals surface area contributed by atoms with E-state index < -0.39 is 0 Å². The number of aromatic nitrogens is 1. The van der Waals surface area contributed by atoms with Gasteiger partial charge >= 0.3 is 0 Å². The number of rotatable bonds is 3. The monoisotopic (exact) mass is 284 g/mol. The van der Waals surface area contributed by atoms with Crippen LogP contribution in [0.3, 0.4) is 0 Å². The number of anilines is 2. The summed E-state index contributed by atoms with van der Waals surface area (Å²) in [6.45, 7) is 0. The van der Waals surface area contributed by atoms with Gasteiger partial charge in [0.05, 0.1) is 7.11 Å². The van der Waals surface area contributed by atoms with Crippen molar-refractivity contribution in [2.45, 2.75) is 0 Å². The third-order valence-corrected chi connectivity index (χ3v) is 3.29. The van der Waals surface area contributed by atoms with Gasteiger partial charge in [-0.1, -0.05) is 29.8 Å². The summed E-state index contributed by atoms with van der Waals surface area (Å²) in [6.07, 6.45) is 1.76. The molecule has 0 radical (unpaired) electrons. The normalized spacial score (nSPS) is 10.5. The molecule has 1 aromatic heterocycles. The summed E-state index contributed by atoms with van der Waals surface area (Å²) in [4.78, 5) is 4.38. The molecule has 0 saturated heterocycles. The minimum Gasteiger partial charge on any atom is -0.494 e. The second kappa shape index (κ2) is 5.39. The Morgan fingerprint density at radius 3 is 2.75 bits per heavy atom. The van der Waals surface area contributed by atoms with Crippen LogP contribution in [0.1, 0.15) is 0 Å². The summed E-state index contributed by atoms with van der Waals surface area (Å²) >= 11 is 6.00. The molecule has 0 aliphatic rings. The van der Waals surface area contributed by atoms with Gasteiger partial charge in [-0.25, -0.2) is 0 Å². The number of benzene rings is 2. The standard InChI is InChI=1S/C16H13ClN2O/c1-20-15-7-3-6-13-14(8-9-18-16(13)15)19-12-5-2-4-11(17)10-12/h2-10H,1H3,(H,18,19). The van der Waals surface area contributed by atoms with Crippen LogP contribution in [-0.2, 0) is 0 Å². The van der Waals surface area contributed by atoms with E-state index in [2.05, 4.69) is 10.3 Å². The van der Waals surface area contributed by atoms with Crippen molar-refractivity contribution in [3.8, 4) is 5.75 Å². The van der Waals surface area contributed by atoms with E-state index in [1.54, 1.807) is 13.3 Å². The second-order valence-electron chi connectivity index (χ2n) is 4.35. The molecule has 2 aromatic carbocycles. The Bertz CT molecular complexity index is 758. The summed E-state index contributed by atoms with van der Waals surface area (Å²) in [5, 5.41) is 5.07. The number of hydrogen-bond donors (Lipinski definition) is 1. The van der Waals surface area contributed by atoms with Gasteiger partial charge in [0.1, 0.15) is 11.3 Å². The van der Waals surface area contributed by atoms with Gasteiger partial charge in [0, 0.05) is 28.0 Å². The predicted octanol–water partition coefficient (Wildman–Crippen LogP) is 4.64. The molecule has 0 fully saturated rings. The third kappa shape index (κ3) is 2.40. The largest absolute Gasteiger partial charge is 0.494 e. The van der Waals surface area contributed by atoms with Crippen molar-refractivity contribution < 1.29 is 4.74 Å². The highest BCUT2D eigenvalue weighted by molar-refractivity contribution is 6.30. The van der Waals surface area contributed by atoms with Crippen LogP contribution in [0.5, 0.6) is 5.75 Å². The molecule has 3 rings (SSSR count). The van der Waals surface area contributed by atoms with E-state index in [4.69, 9.17) is 16.3 Å². The first-order chi connectivity index (χ1) is 9.78. The number of pyridine rings is 1. The maximum absolute atomic E-state index is 6.00. The van der Waals surface area contributed by atoms with Crippen LogP contribution in [0.25, 0.3) is 10.9 Å². The van der Waals surface area contributed by atoms with Crippen LogP contribution >= 0.6 is 11.6 Å². The SMILES string of the molecule is COc1cccc2c(Nc3cccc(Cl)c3)ccnc12.